The number of hydrogen-bond acceptors (Lipinski definition) is 4. The molecule has 2 aromatic carbocycles. The average molecular weight is 420 g/mol. The maximum atomic E-state index is 12.7. The predicted molar refractivity (Wildman–Crippen MR) is 120 cm³/mol. The largest absolute Gasteiger partial charge is 0.497 e. The number of carbonyl (C=O) groups excluding carboxylic acids is 1. The zero-order valence-corrected chi connectivity index (χ0v) is 18.4. The fraction of sp³-hybridized carbons (Fsp3) is 0.360. The Kier molecular flexibility index (Phi) is 6.26. The molecule has 1 fully saturated rings. The summed E-state index contributed by atoms with van der Waals surface area (Å²) in [5.74, 6) is 2.88. The van der Waals surface area contributed by atoms with Crippen LogP contribution in [0.2, 0.25) is 0 Å². The van der Waals surface area contributed by atoms with Crippen molar-refractivity contribution in [3.63, 3.8) is 0 Å². The molecule has 0 unspecified atom stereocenters. The summed E-state index contributed by atoms with van der Waals surface area (Å²) in [4.78, 5) is 14.7. The Morgan fingerprint density at radius 2 is 1.77 bits per heavy atom. The summed E-state index contributed by atoms with van der Waals surface area (Å²) < 4.78 is 13.3. The van der Waals surface area contributed by atoms with Crippen LogP contribution >= 0.6 is 0 Å². The summed E-state index contributed by atoms with van der Waals surface area (Å²) in [5.41, 5.74) is 2.77. The van der Waals surface area contributed by atoms with E-state index >= 15 is 0 Å². The third kappa shape index (κ3) is 4.90. The number of methoxy groups -OCH3 is 1. The number of aromatic nitrogens is 2. The predicted octanol–water partition coefficient (Wildman–Crippen LogP) is 5.04. The van der Waals surface area contributed by atoms with Crippen LogP contribution in [0.25, 0.3) is 11.3 Å². The Balaban J connectivity index is 1.72. The van der Waals surface area contributed by atoms with Crippen LogP contribution in [0.15, 0.2) is 54.6 Å². The molecule has 1 aromatic heterocycles. The fourth-order valence-electron chi connectivity index (χ4n) is 3.69. The maximum absolute atomic E-state index is 12.7. The number of amides is 1. The van der Waals surface area contributed by atoms with Gasteiger partial charge in [0, 0.05) is 25.6 Å². The second-order valence-electron chi connectivity index (χ2n) is 7.97. The number of nitrogens with zero attached hydrogens (tertiary/aromatic N) is 3. The molecule has 0 bridgehead atoms. The molecular formula is C25H29N3O3. The SMILES string of the molecule is CCC(=O)N(Cc1c(-c2ccccc2)nn(C)c1Oc1ccc(OC)cc1)CC1CC1. The van der Waals surface area contributed by atoms with E-state index in [2.05, 4.69) is 0 Å². The lowest BCUT2D eigenvalue weighted by atomic mass is 10.1. The summed E-state index contributed by atoms with van der Waals surface area (Å²) in [5, 5.41) is 4.77. The van der Waals surface area contributed by atoms with Gasteiger partial charge < -0.3 is 14.4 Å². The Morgan fingerprint density at radius 3 is 2.39 bits per heavy atom. The topological polar surface area (TPSA) is 56.6 Å². The standard InChI is InChI=1S/C25H29N3O3/c1-4-23(29)28(16-18-10-11-18)17-22-24(19-8-6-5-7-9-19)26-27(2)25(22)31-21-14-12-20(30-3)13-15-21/h5-9,12-15,18H,4,10-11,16-17H2,1-3H3. The summed E-state index contributed by atoms with van der Waals surface area (Å²) >= 11 is 0. The molecule has 31 heavy (non-hydrogen) atoms. The van der Waals surface area contributed by atoms with Gasteiger partial charge in [0.25, 0.3) is 0 Å². The van der Waals surface area contributed by atoms with Gasteiger partial charge in [0.15, 0.2) is 0 Å². The molecule has 3 aromatic rings. The van der Waals surface area contributed by atoms with Gasteiger partial charge in [0.05, 0.1) is 19.2 Å². The zero-order valence-electron chi connectivity index (χ0n) is 18.4. The number of rotatable bonds is 9. The quantitative estimate of drug-likeness (QED) is 0.488. The van der Waals surface area contributed by atoms with Crippen molar-refractivity contribution in [3.05, 3.63) is 60.2 Å². The highest BCUT2D eigenvalue weighted by atomic mass is 16.5. The Morgan fingerprint density at radius 1 is 1.10 bits per heavy atom. The van der Waals surface area contributed by atoms with Crippen molar-refractivity contribution < 1.29 is 14.3 Å². The van der Waals surface area contributed by atoms with Gasteiger partial charge in [-0.1, -0.05) is 37.3 Å². The first-order chi connectivity index (χ1) is 15.1. The van der Waals surface area contributed by atoms with Crippen molar-refractivity contribution in [2.75, 3.05) is 13.7 Å². The van der Waals surface area contributed by atoms with Gasteiger partial charge >= 0.3 is 0 Å². The van der Waals surface area contributed by atoms with Crippen molar-refractivity contribution in [2.24, 2.45) is 13.0 Å². The summed E-state index contributed by atoms with van der Waals surface area (Å²) in [6, 6.07) is 17.5. The van der Waals surface area contributed by atoms with Gasteiger partial charge in [-0.25, -0.2) is 4.68 Å². The summed E-state index contributed by atoms with van der Waals surface area (Å²) in [6.07, 6.45) is 2.88. The Bertz CT molecular complexity index is 1020. The molecule has 1 saturated carbocycles. The van der Waals surface area contributed by atoms with Crippen LogP contribution in [0.1, 0.15) is 31.7 Å². The van der Waals surface area contributed by atoms with E-state index in [0.29, 0.717) is 30.5 Å². The van der Waals surface area contributed by atoms with Gasteiger partial charge in [0.2, 0.25) is 11.8 Å². The normalized spacial score (nSPS) is 13.1. The molecule has 162 valence electrons. The van der Waals surface area contributed by atoms with Gasteiger partial charge in [-0.2, -0.15) is 5.10 Å². The van der Waals surface area contributed by atoms with Crippen LogP contribution in [-0.2, 0) is 18.4 Å². The minimum atomic E-state index is 0.158. The van der Waals surface area contributed by atoms with E-state index in [-0.39, 0.29) is 5.91 Å². The van der Waals surface area contributed by atoms with Gasteiger partial charge in [-0.05, 0) is 43.0 Å². The van der Waals surface area contributed by atoms with Gasteiger partial charge in [0.1, 0.15) is 17.2 Å². The van der Waals surface area contributed by atoms with E-state index in [9.17, 15) is 4.79 Å². The van der Waals surface area contributed by atoms with E-state index in [4.69, 9.17) is 14.6 Å². The van der Waals surface area contributed by atoms with Crippen LogP contribution in [0.4, 0.5) is 0 Å². The lowest BCUT2D eigenvalue weighted by molar-refractivity contribution is -0.131. The maximum Gasteiger partial charge on any atom is 0.223 e. The summed E-state index contributed by atoms with van der Waals surface area (Å²) in [7, 11) is 3.52. The molecule has 0 saturated heterocycles. The highest BCUT2D eigenvalue weighted by molar-refractivity contribution is 5.76. The van der Waals surface area contributed by atoms with E-state index < -0.39 is 0 Å². The monoisotopic (exact) mass is 419 g/mol. The molecule has 0 atom stereocenters. The van der Waals surface area contributed by atoms with E-state index in [1.54, 1.807) is 11.8 Å². The first-order valence-corrected chi connectivity index (χ1v) is 10.8. The molecule has 1 heterocycles. The lowest BCUT2D eigenvalue weighted by Gasteiger charge is -2.23. The van der Waals surface area contributed by atoms with Crippen LogP contribution in [0, 0.1) is 5.92 Å². The Labute approximate surface area is 183 Å². The third-order valence-corrected chi connectivity index (χ3v) is 5.59. The second-order valence-corrected chi connectivity index (χ2v) is 7.97. The number of ether oxygens (including phenoxy) is 2. The molecule has 1 aliphatic carbocycles. The smallest absolute Gasteiger partial charge is 0.223 e. The molecule has 6 nitrogen and oxygen atoms in total. The zero-order chi connectivity index (χ0) is 21.8. The molecule has 0 N–H and O–H groups in total. The molecular weight excluding hydrogens is 390 g/mol. The van der Waals surface area contributed by atoms with Crippen LogP contribution < -0.4 is 9.47 Å². The molecule has 0 aliphatic heterocycles. The molecule has 0 radical (unpaired) electrons. The molecule has 4 rings (SSSR count). The molecule has 1 aliphatic rings. The van der Waals surface area contributed by atoms with Crippen molar-refractivity contribution in [2.45, 2.75) is 32.7 Å². The first kappa shape index (κ1) is 21.0. The van der Waals surface area contributed by atoms with Crippen molar-refractivity contribution in [1.82, 2.24) is 14.7 Å². The van der Waals surface area contributed by atoms with Crippen molar-refractivity contribution in [3.8, 4) is 28.6 Å². The number of hydrogen-bond donors (Lipinski definition) is 0. The van der Waals surface area contributed by atoms with Crippen LogP contribution in [-0.4, -0.2) is 34.2 Å². The lowest BCUT2D eigenvalue weighted by Crippen LogP contribution is -2.32. The second kappa shape index (κ2) is 9.25. The van der Waals surface area contributed by atoms with Crippen molar-refractivity contribution >= 4 is 5.91 Å². The van der Waals surface area contributed by atoms with Crippen molar-refractivity contribution in [1.29, 1.82) is 0 Å². The molecule has 0 spiro atoms. The van der Waals surface area contributed by atoms with Crippen LogP contribution in [0.5, 0.6) is 17.4 Å². The highest BCUT2D eigenvalue weighted by Gasteiger charge is 2.29. The van der Waals surface area contributed by atoms with Gasteiger partial charge in [-0.15, -0.1) is 0 Å². The minimum Gasteiger partial charge on any atom is -0.497 e. The van der Waals surface area contributed by atoms with Crippen LogP contribution in [0.3, 0.4) is 0 Å². The number of benzene rings is 2. The van der Waals surface area contributed by atoms with E-state index in [0.717, 1.165) is 29.1 Å². The highest BCUT2D eigenvalue weighted by Crippen LogP contribution is 2.36. The van der Waals surface area contributed by atoms with Gasteiger partial charge in [-0.3, -0.25) is 4.79 Å². The summed E-state index contributed by atoms with van der Waals surface area (Å²) in [6.45, 7) is 3.18. The first-order valence-electron chi connectivity index (χ1n) is 10.8. The minimum absolute atomic E-state index is 0.158. The molecule has 6 heteroatoms. The number of carbonyl (C=O) groups is 1. The third-order valence-electron chi connectivity index (χ3n) is 5.59. The molecule has 1 amide bonds. The number of aryl methyl sites for hydroxylation is 1. The fourth-order valence-corrected chi connectivity index (χ4v) is 3.69. The average Bonchev–Trinajstić information content (AvgIpc) is 3.58. The van der Waals surface area contributed by atoms with E-state index in [1.807, 2.05) is 73.5 Å². The van der Waals surface area contributed by atoms with E-state index in [1.165, 1.54) is 12.8 Å². The Hall–Kier alpha value is -3.28.